The molecule has 1 atom stereocenters. The van der Waals surface area contributed by atoms with Gasteiger partial charge in [0.05, 0.1) is 7.14 Å². The predicted octanol–water partition coefficient (Wildman–Crippen LogP) is 3.91. The first-order valence-corrected chi connectivity index (χ1v) is 9.43. The van der Waals surface area contributed by atoms with Crippen molar-refractivity contribution in [3.8, 4) is 17.2 Å². The molecule has 0 saturated heterocycles. The average Bonchev–Trinajstić information content (AvgIpc) is 2.52. The molecular weight excluding hydrogens is 536 g/mol. The summed E-state index contributed by atoms with van der Waals surface area (Å²) in [5.41, 5.74) is 7.27. The number of nitrogens with two attached hydrogens (primary N) is 1. The summed E-state index contributed by atoms with van der Waals surface area (Å²) in [7, 11) is 0. The summed E-state index contributed by atoms with van der Waals surface area (Å²) in [4.78, 5) is 10.9. The van der Waals surface area contributed by atoms with Crippen molar-refractivity contribution in [2.24, 2.45) is 5.73 Å². The van der Waals surface area contributed by atoms with Crippen LogP contribution in [0.1, 0.15) is 18.1 Å². The van der Waals surface area contributed by atoms with Gasteiger partial charge >= 0.3 is 5.97 Å². The third-order valence-electron chi connectivity index (χ3n) is 3.48. The number of ether oxygens (including phenoxy) is 1. The zero-order chi connectivity index (χ0) is 17.9. The number of aromatic hydroxyl groups is 1. The van der Waals surface area contributed by atoms with E-state index in [1.54, 1.807) is 12.1 Å². The van der Waals surface area contributed by atoms with E-state index in [9.17, 15) is 9.90 Å². The van der Waals surface area contributed by atoms with Crippen molar-refractivity contribution in [3.63, 3.8) is 0 Å². The van der Waals surface area contributed by atoms with Crippen LogP contribution >= 0.6 is 45.2 Å². The maximum Gasteiger partial charge on any atom is 0.320 e. The van der Waals surface area contributed by atoms with E-state index in [2.05, 4.69) is 45.2 Å². The van der Waals surface area contributed by atoms with E-state index in [-0.39, 0.29) is 12.2 Å². The van der Waals surface area contributed by atoms with Crippen molar-refractivity contribution in [1.29, 1.82) is 0 Å². The Balaban J connectivity index is 2.27. The van der Waals surface area contributed by atoms with Gasteiger partial charge < -0.3 is 20.7 Å². The summed E-state index contributed by atoms with van der Waals surface area (Å²) in [6.45, 7) is 1.97. The van der Waals surface area contributed by atoms with Gasteiger partial charge in [0.1, 0.15) is 17.5 Å². The van der Waals surface area contributed by atoms with Gasteiger partial charge in [0.25, 0.3) is 0 Å². The smallest absolute Gasteiger partial charge is 0.320 e. The number of carboxylic acid groups (broad SMARTS) is 1. The van der Waals surface area contributed by atoms with Crippen LogP contribution in [0.3, 0.4) is 0 Å². The van der Waals surface area contributed by atoms with Crippen molar-refractivity contribution in [2.75, 3.05) is 0 Å². The van der Waals surface area contributed by atoms with Crippen LogP contribution in [0.25, 0.3) is 0 Å². The summed E-state index contributed by atoms with van der Waals surface area (Å²) in [6, 6.07) is 7.98. The monoisotopic (exact) mass is 553 g/mol. The average molecular weight is 553 g/mol. The highest BCUT2D eigenvalue weighted by atomic mass is 127. The van der Waals surface area contributed by atoms with Crippen molar-refractivity contribution < 1.29 is 19.7 Å². The lowest BCUT2D eigenvalue weighted by molar-refractivity contribution is -0.138. The molecule has 2 aromatic rings. The fraction of sp³-hybridized carbons (Fsp3) is 0.235. The van der Waals surface area contributed by atoms with Gasteiger partial charge in [-0.15, -0.1) is 0 Å². The van der Waals surface area contributed by atoms with E-state index in [1.165, 1.54) is 0 Å². The van der Waals surface area contributed by atoms with Gasteiger partial charge in [-0.2, -0.15) is 0 Å². The second-order valence-electron chi connectivity index (χ2n) is 5.28. The van der Waals surface area contributed by atoms with Gasteiger partial charge in [-0.3, -0.25) is 4.79 Å². The number of hydrogen-bond acceptors (Lipinski definition) is 4. The number of carboxylic acids is 1. The van der Waals surface area contributed by atoms with Gasteiger partial charge in [0.15, 0.2) is 5.75 Å². The summed E-state index contributed by atoms with van der Waals surface area (Å²) in [6.07, 6.45) is 0.976. The van der Waals surface area contributed by atoms with Gasteiger partial charge in [-0.05, 0) is 99.5 Å². The molecule has 24 heavy (non-hydrogen) atoms. The molecule has 0 heterocycles. The molecule has 0 unspecified atom stereocenters. The lowest BCUT2D eigenvalue weighted by Gasteiger charge is -2.14. The minimum absolute atomic E-state index is 0.257. The van der Waals surface area contributed by atoms with E-state index in [1.807, 2.05) is 25.1 Å². The zero-order valence-electron chi connectivity index (χ0n) is 12.9. The fourth-order valence-corrected chi connectivity index (χ4v) is 4.31. The van der Waals surface area contributed by atoms with Crippen molar-refractivity contribution in [3.05, 3.63) is 48.6 Å². The molecule has 7 heteroatoms. The minimum atomic E-state index is -1.02. The molecule has 0 saturated carbocycles. The number of rotatable bonds is 6. The minimum Gasteiger partial charge on any atom is -0.508 e. The summed E-state index contributed by atoms with van der Waals surface area (Å²) < 4.78 is 7.72. The molecule has 0 aliphatic rings. The topological polar surface area (TPSA) is 92.8 Å². The molecule has 2 aromatic carbocycles. The molecule has 0 aliphatic heterocycles. The Bertz CT molecular complexity index is 741. The van der Waals surface area contributed by atoms with Crippen LogP contribution in [0.2, 0.25) is 0 Å². The van der Waals surface area contributed by atoms with Crippen LogP contribution < -0.4 is 10.5 Å². The number of hydrogen-bond donors (Lipinski definition) is 3. The highest BCUT2D eigenvalue weighted by Gasteiger charge is 2.16. The molecule has 128 valence electrons. The van der Waals surface area contributed by atoms with E-state index < -0.39 is 12.0 Å². The van der Waals surface area contributed by atoms with E-state index in [4.69, 9.17) is 15.6 Å². The zero-order valence-corrected chi connectivity index (χ0v) is 17.2. The molecule has 0 bridgehead atoms. The number of phenolic OH excluding ortho intramolecular Hbond substituents is 1. The normalized spacial score (nSPS) is 12.0. The largest absolute Gasteiger partial charge is 0.508 e. The molecule has 0 fully saturated rings. The number of halogens is 2. The number of carbonyl (C=O) groups is 1. The Hall–Kier alpha value is -1.07. The molecule has 0 amide bonds. The number of aliphatic carboxylic acids is 1. The van der Waals surface area contributed by atoms with Gasteiger partial charge in [0, 0.05) is 0 Å². The Labute approximate surface area is 167 Å². The number of benzene rings is 2. The number of phenols is 1. The third-order valence-corrected chi connectivity index (χ3v) is 5.09. The third kappa shape index (κ3) is 4.73. The van der Waals surface area contributed by atoms with Crippen LogP contribution in [0.4, 0.5) is 0 Å². The highest BCUT2D eigenvalue weighted by Crippen LogP contribution is 2.34. The molecular formula is C17H17I2NO4. The quantitative estimate of drug-likeness (QED) is 0.473. The molecule has 4 N–H and O–H groups in total. The SMILES string of the molecule is CCc1cc(Oc2c(I)cc(C[C@H](N)C(=O)O)cc2I)ccc1O. The molecule has 0 spiro atoms. The van der Waals surface area contributed by atoms with Crippen LogP contribution in [0, 0.1) is 7.14 Å². The lowest BCUT2D eigenvalue weighted by atomic mass is 10.1. The van der Waals surface area contributed by atoms with Crippen molar-refractivity contribution >= 4 is 51.2 Å². The Morgan fingerprint density at radius 3 is 2.42 bits per heavy atom. The summed E-state index contributed by atoms with van der Waals surface area (Å²) >= 11 is 4.32. The second kappa shape index (κ2) is 8.34. The van der Waals surface area contributed by atoms with Gasteiger partial charge in [-0.1, -0.05) is 6.92 Å². The Kier molecular flexibility index (Phi) is 6.70. The first kappa shape index (κ1) is 19.3. The second-order valence-corrected chi connectivity index (χ2v) is 7.61. The Morgan fingerprint density at radius 2 is 1.88 bits per heavy atom. The van der Waals surface area contributed by atoms with Crippen molar-refractivity contribution in [1.82, 2.24) is 0 Å². The maximum absolute atomic E-state index is 10.9. The van der Waals surface area contributed by atoms with Crippen LogP contribution in [0.5, 0.6) is 17.2 Å². The first-order chi connectivity index (χ1) is 11.3. The van der Waals surface area contributed by atoms with Crippen molar-refractivity contribution in [2.45, 2.75) is 25.8 Å². The van der Waals surface area contributed by atoms with Crippen LogP contribution in [-0.4, -0.2) is 22.2 Å². The summed E-state index contributed by atoms with van der Waals surface area (Å²) in [5, 5.41) is 18.7. The lowest BCUT2D eigenvalue weighted by Crippen LogP contribution is -2.32. The van der Waals surface area contributed by atoms with E-state index >= 15 is 0 Å². The molecule has 0 radical (unpaired) electrons. The highest BCUT2D eigenvalue weighted by molar-refractivity contribution is 14.1. The molecule has 0 aromatic heterocycles. The maximum atomic E-state index is 10.9. The van der Waals surface area contributed by atoms with Gasteiger partial charge in [0.2, 0.25) is 0 Å². The fourth-order valence-electron chi connectivity index (χ4n) is 2.20. The Morgan fingerprint density at radius 1 is 1.25 bits per heavy atom. The van der Waals surface area contributed by atoms with Crippen LogP contribution in [0.15, 0.2) is 30.3 Å². The molecule has 2 rings (SSSR count). The van der Waals surface area contributed by atoms with E-state index in [0.29, 0.717) is 17.9 Å². The van der Waals surface area contributed by atoms with Gasteiger partial charge in [-0.25, -0.2) is 0 Å². The molecule has 0 aliphatic carbocycles. The van der Waals surface area contributed by atoms with E-state index in [0.717, 1.165) is 18.3 Å². The molecule has 5 nitrogen and oxygen atoms in total. The summed E-state index contributed by atoms with van der Waals surface area (Å²) in [5.74, 6) is 0.593. The first-order valence-electron chi connectivity index (χ1n) is 7.27. The standard InChI is InChI=1S/C17H17I2NO4/c1-2-10-8-11(3-4-15(10)21)24-16-12(18)5-9(6-13(16)19)7-14(20)17(22)23/h3-6,8,14,21H,2,7,20H2,1H3,(H,22,23)/t14-/m0/s1. The predicted molar refractivity (Wildman–Crippen MR) is 109 cm³/mol. The van der Waals surface area contributed by atoms with Crippen LogP contribution in [-0.2, 0) is 17.6 Å². The number of aryl methyl sites for hydroxylation is 1.